The molecule has 0 spiro atoms. The number of esters is 1. The zero-order chi connectivity index (χ0) is 25.6. The van der Waals surface area contributed by atoms with E-state index in [1.807, 2.05) is 30.3 Å². The van der Waals surface area contributed by atoms with Crippen molar-refractivity contribution in [3.05, 3.63) is 71.1 Å². The lowest BCUT2D eigenvalue weighted by molar-refractivity contribution is -0.143. The second-order valence-electron chi connectivity index (χ2n) is 9.63. The summed E-state index contributed by atoms with van der Waals surface area (Å²) < 4.78 is 12.6. The normalized spacial score (nSPS) is 16.8. The first-order valence-electron chi connectivity index (χ1n) is 12.0. The van der Waals surface area contributed by atoms with E-state index in [-0.39, 0.29) is 25.0 Å². The lowest BCUT2D eigenvalue weighted by Gasteiger charge is -2.20. The highest BCUT2D eigenvalue weighted by Crippen LogP contribution is 2.47. The molecule has 0 bridgehead atoms. The smallest absolute Gasteiger partial charge is 0.343 e. The van der Waals surface area contributed by atoms with Gasteiger partial charge in [0, 0.05) is 42.4 Å². The zero-order valence-corrected chi connectivity index (χ0v) is 20.8. The van der Waals surface area contributed by atoms with Crippen LogP contribution in [0.1, 0.15) is 37.8 Å². The van der Waals surface area contributed by atoms with Crippen LogP contribution in [0.25, 0.3) is 10.9 Å². The van der Waals surface area contributed by atoms with Crippen LogP contribution >= 0.6 is 0 Å². The van der Waals surface area contributed by atoms with Gasteiger partial charge in [0.2, 0.25) is 5.91 Å². The number of carbonyl (C=O) groups is 3. The molecule has 2 amide bonds. The minimum atomic E-state index is -0.478. The van der Waals surface area contributed by atoms with Crippen LogP contribution < -0.4 is 10.1 Å². The lowest BCUT2D eigenvalue weighted by Crippen LogP contribution is -2.33. The van der Waals surface area contributed by atoms with E-state index < -0.39 is 11.9 Å². The molecule has 5 rings (SSSR count). The lowest BCUT2D eigenvalue weighted by atomic mass is 9.84. The van der Waals surface area contributed by atoms with Crippen molar-refractivity contribution < 1.29 is 23.9 Å². The topological polar surface area (TPSA) is 89.9 Å². The molecule has 1 atom stereocenters. The SMILES string of the molecule is COC(=O)COc1cccc(C2C3=C(CN(C(C)=O)C3=O)Nc3cccc4c3c2cn4CC(C)C)c1. The number of hydrogen-bond acceptors (Lipinski definition) is 6. The first-order chi connectivity index (χ1) is 17.3. The largest absolute Gasteiger partial charge is 0.482 e. The van der Waals surface area contributed by atoms with Crippen LogP contribution in [0.2, 0.25) is 0 Å². The molecule has 0 fully saturated rings. The molecule has 1 aromatic heterocycles. The van der Waals surface area contributed by atoms with Gasteiger partial charge in [0.05, 0.1) is 24.7 Å². The number of hydrogen-bond donors (Lipinski definition) is 1. The third-order valence-corrected chi connectivity index (χ3v) is 6.66. The minimum absolute atomic E-state index is 0.200. The Bertz CT molecular complexity index is 1420. The van der Waals surface area contributed by atoms with Crippen molar-refractivity contribution in [2.24, 2.45) is 5.92 Å². The number of ether oxygens (including phenoxy) is 2. The Morgan fingerprint density at radius 2 is 1.94 bits per heavy atom. The summed E-state index contributed by atoms with van der Waals surface area (Å²) in [6.45, 7) is 6.57. The number of methoxy groups -OCH3 is 1. The molecule has 0 radical (unpaired) electrons. The van der Waals surface area contributed by atoms with Crippen molar-refractivity contribution in [3.8, 4) is 5.75 Å². The van der Waals surface area contributed by atoms with E-state index in [0.717, 1.165) is 40.0 Å². The van der Waals surface area contributed by atoms with Crippen molar-refractivity contribution in [2.75, 3.05) is 25.6 Å². The van der Waals surface area contributed by atoms with Gasteiger partial charge in [-0.1, -0.05) is 32.0 Å². The van der Waals surface area contributed by atoms with Crippen LogP contribution in [0.5, 0.6) is 5.75 Å². The molecule has 2 aliphatic heterocycles. The quantitative estimate of drug-likeness (QED) is 0.528. The Labute approximate surface area is 209 Å². The number of imide groups is 1. The molecular weight excluding hydrogens is 458 g/mol. The van der Waals surface area contributed by atoms with E-state index >= 15 is 0 Å². The fourth-order valence-electron chi connectivity index (χ4n) is 5.15. The first kappa shape index (κ1) is 23.7. The van der Waals surface area contributed by atoms with E-state index in [9.17, 15) is 14.4 Å². The monoisotopic (exact) mass is 487 g/mol. The highest BCUT2D eigenvalue weighted by molar-refractivity contribution is 6.11. The molecule has 3 aromatic rings. The van der Waals surface area contributed by atoms with Crippen LogP contribution in [-0.4, -0.2) is 47.5 Å². The maximum atomic E-state index is 13.6. The Balaban J connectivity index is 1.70. The molecule has 36 heavy (non-hydrogen) atoms. The van der Waals surface area contributed by atoms with Gasteiger partial charge in [-0.05, 0) is 41.3 Å². The molecule has 0 aliphatic carbocycles. The van der Waals surface area contributed by atoms with Crippen molar-refractivity contribution in [1.82, 2.24) is 9.47 Å². The first-order valence-corrected chi connectivity index (χ1v) is 12.0. The van der Waals surface area contributed by atoms with E-state index in [0.29, 0.717) is 17.2 Å². The number of anilines is 1. The van der Waals surface area contributed by atoms with E-state index in [4.69, 9.17) is 4.74 Å². The average molecular weight is 488 g/mol. The van der Waals surface area contributed by atoms with Gasteiger partial charge in [-0.15, -0.1) is 0 Å². The molecule has 186 valence electrons. The van der Waals surface area contributed by atoms with Gasteiger partial charge < -0.3 is 19.4 Å². The van der Waals surface area contributed by atoms with Gasteiger partial charge >= 0.3 is 5.97 Å². The standard InChI is InChI=1S/C28H29N3O5/c1-16(2)12-30-13-20-25(18-7-5-8-19(11-18)36-15-24(33)35-4)27-22(14-31(17(3)32)28(27)34)29-21-9-6-10-23(30)26(20)21/h5-11,13,16,25,29H,12,14-15H2,1-4H3. The van der Waals surface area contributed by atoms with Crippen LogP contribution in [0, 0.1) is 5.92 Å². The second kappa shape index (κ2) is 9.18. The maximum Gasteiger partial charge on any atom is 0.343 e. The van der Waals surface area contributed by atoms with Crippen LogP contribution in [0.4, 0.5) is 5.69 Å². The Hall–Kier alpha value is -4.07. The molecule has 0 saturated heterocycles. The highest BCUT2D eigenvalue weighted by Gasteiger charge is 2.41. The Morgan fingerprint density at radius 1 is 1.17 bits per heavy atom. The Kier molecular flexibility index (Phi) is 6.04. The number of benzene rings is 2. The molecule has 0 saturated carbocycles. The fourth-order valence-corrected chi connectivity index (χ4v) is 5.15. The Morgan fingerprint density at radius 3 is 2.67 bits per heavy atom. The summed E-state index contributed by atoms with van der Waals surface area (Å²) in [7, 11) is 1.31. The summed E-state index contributed by atoms with van der Waals surface area (Å²) in [6, 6.07) is 13.5. The van der Waals surface area contributed by atoms with Crippen molar-refractivity contribution >= 4 is 34.4 Å². The van der Waals surface area contributed by atoms with Gasteiger partial charge in [0.15, 0.2) is 6.61 Å². The molecule has 2 aliphatic rings. The van der Waals surface area contributed by atoms with Crippen LogP contribution in [0.15, 0.2) is 59.9 Å². The van der Waals surface area contributed by atoms with Crippen molar-refractivity contribution in [2.45, 2.75) is 33.2 Å². The molecule has 3 heterocycles. The van der Waals surface area contributed by atoms with E-state index in [1.165, 1.54) is 18.9 Å². The van der Waals surface area contributed by atoms with Gasteiger partial charge in [-0.3, -0.25) is 14.5 Å². The maximum absolute atomic E-state index is 13.6. The third kappa shape index (κ3) is 4.02. The summed E-state index contributed by atoms with van der Waals surface area (Å²) in [5.41, 5.74) is 5.10. The summed E-state index contributed by atoms with van der Waals surface area (Å²) in [5, 5.41) is 4.54. The number of nitrogens with one attached hydrogen (secondary N) is 1. The van der Waals surface area contributed by atoms with Crippen LogP contribution in [-0.2, 0) is 25.7 Å². The minimum Gasteiger partial charge on any atom is -0.482 e. The molecule has 8 nitrogen and oxygen atoms in total. The van der Waals surface area contributed by atoms with Gasteiger partial charge in [-0.2, -0.15) is 0 Å². The van der Waals surface area contributed by atoms with Crippen molar-refractivity contribution in [3.63, 3.8) is 0 Å². The van der Waals surface area contributed by atoms with Gasteiger partial charge in [0.1, 0.15) is 5.75 Å². The molecule has 1 N–H and O–H groups in total. The van der Waals surface area contributed by atoms with Crippen LogP contribution in [0.3, 0.4) is 0 Å². The molecule has 8 heteroatoms. The zero-order valence-electron chi connectivity index (χ0n) is 20.8. The summed E-state index contributed by atoms with van der Waals surface area (Å²) in [5.74, 6) is -0.568. The predicted octanol–water partition coefficient (Wildman–Crippen LogP) is 4.05. The third-order valence-electron chi connectivity index (χ3n) is 6.66. The summed E-state index contributed by atoms with van der Waals surface area (Å²) in [6.07, 6.45) is 2.13. The highest BCUT2D eigenvalue weighted by atomic mass is 16.6. The second-order valence-corrected chi connectivity index (χ2v) is 9.63. The number of carbonyl (C=O) groups excluding carboxylic acids is 3. The number of aromatic nitrogens is 1. The van der Waals surface area contributed by atoms with E-state index in [2.05, 4.69) is 40.7 Å². The molecule has 1 unspecified atom stereocenters. The summed E-state index contributed by atoms with van der Waals surface area (Å²) in [4.78, 5) is 38.8. The summed E-state index contributed by atoms with van der Waals surface area (Å²) >= 11 is 0. The number of amides is 2. The molecule has 2 aromatic carbocycles. The fraction of sp³-hybridized carbons (Fsp3) is 0.321. The van der Waals surface area contributed by atoms with Crippen molar-refractivity contribution in [1.29, 1.82) is 0 Å². The molecular formula is C28H29N3O5. The average Bonchev–Trinajstić information content (AvgIpc) is 3.32. The number of rotatable bonds is 6. The van der Waals surface area contributed by atoms with E-state index in [1.54, 1.807) is 6.07 Å². The van der Waals surface area contributed by atoms with Gasteiger partial charge in [0.25, 0.3) is 5.91 Å². The number of nitrogens with zero attached hydrogens (tertiary/aromatic N) is 2. The predicted molar refractivity (Wildman–Crippen MR) is 136 cm³/mol. The van der Waals surface area contributed by atoms with Gasteiger partial charge in [-0.25, -0.2) is 4.79 Å².